The molecule has 1 aliphatic heterocycles. The summed E-state index contributed by atoms with van der Waals surface area (Å²) in [6.07, 6.45) is 0. The highest BCUT2D eigenvalue weighted by Gasteiger charge is 2.21. The SMILES string of the molecule is O=c1[nH]c(N2CCN(c3ccccc3O)CC2)nc2ccccc12. The van der Waals surface area contributed by atoms with E-state index in [0.717, 1.165) is 31.9 Å². The number of benzene rings is 2. The molecule has 4 rings (SSSR count). The number of phenols is 1. The molecule has 1 aromatic heterocycles. The third-order valence-electron chi connectivity index (χ3n) is 4.40. The lowest BCUT2D eigenvalue weighted by Gasteiger charge is -2.36. The zero-order chi connectivity index (χ0) is 16.5. The highest BCUT2D eigenvalue weighted by molar-refractivity contribution is 5.78. The van der Waals surface area contributed by atoms with Crippen molar-refractivity contribution in [3.8, 4) is 5.75 Å². The molecule has 1 saturated heterocycles. The summed E-state index contributed by atoms with van der Waals surface area (Å²) in [6, 6.07) is 14.7. The monoisotopic (exact) mass is 322 g/mol. The minimum Gasteiger partial charge on any atom is -0.506 e. The number of phenolic OH excluding ortho intramolecular Hbond substituents is 1. The normalized spacial score (nSPS) is 15.0. The van der Waals surface area contributed by atoms with Gasteiger partial charge in [0.15, 0.2) is 0 Å². The molecule has 3 aromatic rings. The number of aromatic nitrogens is 2. The van der Waals surface area contributed by atoms with Gasteiger partial charge in [-0.05, 0) is 24.3 Å². The molecule has 6 nitrogen and oxygen atoms in total. The van der Waals surface area contributed by atoms with Crippen LogP contribution in [0.15, 0.2) is 53.3 Å². The van der Waals surface area contributed by atoms with E-state index in [1.807, 2.05) is 36.4 Å². The van der Waals surface area contributed by atoms with E-state index in [0.29, 0.717) is 22.6 Å². The minimum absolute atomic E-state index is 0.112. The maximum absolute atomic E-state index is 12.2. The molecule has 2 heterocycles. The highest BCUT2D eigenvalue weighted by Crippen LogP contribution is 2.27. The topological polar surface area (TPSA) is 72.5 Å². The highest BCUT2D eigenvalue weighted by atomic mass is 16.3. The van der Waals surface area contributed by atoms with Crippen LogP contribution < -0.4 is 15.4 Å². The number of fused-ring (bicyclic) bond motifs is 1. The van der Waals surface area contributed by atoms with Crippen LogP contribution >= 0.6 is 0 Å². The lowest BCUT2D eigenvalue weighted by molar-refractivity contribution is 0.472. The Kier molecular flexibility index (Phi) is 3.57. The second kappa shape index (κ2) is 5.88. The molecule has 2 N–H and O–H groups in total. The van der Waals surface area contributed by atoms with Gasteiger partial charge in [-0.25, -0.2) is 4.98 Å². The van der Waals surface area contributed by atoms with Crippen molar-refractivity contribution in [3.05, 3.63) is 58.9 Å². The predicted molar refractivity (Wildman–Crippen MR) is 94.9 cm³/mol. The summed E-state index contributed by atoms with van der Waals surface area (Å²) < 4.78 is 0. The summed E-state index contributed by atoms with van der Waals surface area (Å²) in [6.45, 7) is 2.98. The zero-order valence-electron chi connectivity index (χ0n) is 13.1. The van der Waals surface area contributed by atoms with Crippen LogP contribution in [0.2, 0.25) is 0 Å². The molecule has 0 spiro atoms. The fourth-order valence-electron chi connectivity index (χ4n) is 3.11. The number of hydrogen-bond donors (Lipinski definition) is 2. The Morgan fingerprint density at radius 1 is 0.917 bits per heavy atom. The van der Waals surface area contributed by atoms with Crippen molar-refractivity contribution in [2.75, 3.05) is 36.0 Å². The van der Waals surface area contributed by atoms with Crippen molar-refractivity contribution in [2.24, 2.45) is 0 Å². The average molecular weight is 322 g/mol. The molecule has 0 unspecified atom stereocenters. The number of piperazine rings is 1. The van der Waals surface area contributed by atoms with Gasteiger partial charge in [-0.1, -0.05) is 24.3 Å². The Balaban J connectivity index is 1.56. The van der Waals surface area contributed by atoms with E-state index in [4.69, 9.17) is 0 Å². The van der Waals surface area contributed by atoms with Crippen molar-refractivity contribution in [2.45, 2.75) is 0 Å². The lowest BCUT2D eigenvalue weighted by atomic mass is 10.2. The van der Waals surface area contributed by atoms with Gasteiger partial charge in [0.1, 0.15) is 5.75 Å². The smallest absolute Gasteiger partial charge is 0.260 e. The molecular weight excluding hydrogens is 304 g/mol. The summed E-state index contributed by atoms with van der Waals surface area (Å²) >= 11 is 0. The van der Waals surface area contributed by atoms with Gasteiger partial charge in [0, 0.05) is 26.2 Å². The van der Waals surface area contributed by atoms with Gasteiger partial charge in [0.2, 0.25) is 5.95 Å². The molecule has 0 amide bonds. The predicted octanol–water partition coefficient (Wildman–Crippen LogP) is 1.96. The number of aromatic hydroxyl groups is 1. The summed E-state index contributed by atoms with van der Waals surface area (Å²) in [5, 5.41) is 10.6. The first kappa shape index (κ1) is 14.6. The van der Waals surface area contributed by atoms with Crippen molar-refractivity contribution in [1.29, 1.82) is 0 Å². The number of nitrogens with one attached hydrogen (secondary N) is 1. The molecule has 0 bridgehead atoms. The molecule has 24 heavy (non-hydrogen) atoms. The number of para-hydroxylation sites is 3. The van der Waals surface area contributed by atoms with Crippen LogP contribution in [-0.4, -0.2) is 41.3 Å². The molecule has 122 valence electrons. The Hall–Kier alpha value is -3.02. The first-order valence-corrected chi connectivity index (χ1v) is 7.99. The van der Waals surface area contributed by atoms with E-state index in [1.165, 1.54) is 0 Å². The zero-order valence-corrected chi connectivity index (χ0v) is 13.1. The number of nitrogens with zero attached hydrogens (tertiary/aromatic N) is 3. The van der Waals surface area contributed by atoms with Gasteiger partial charge < -0.3 is 14.9 Å². The summed E-state index contributed by atoms with van der Waals surface area (Å²) in [4.78, 5) is 23.9. The third kappa shape index (κ3) is 2.56. The molecule has 2 aromatic carbocycles. The Morgan fingerprint density at radius 2 is 1.58 bits per heavy atom. The van der Waals surface area contributed by atoms with Crippen LogP contribution in [0.3, 0.4) is 0 Å². The summed E-state index contributed by atoms with van der Waals surface area (Å²) in [7, 11) is 0. The summed E-state index contributed by atoms with van der Waals surface area (Å²) in [5.41, 5.74) is 1.44. The van der Waals surface area contributed by atoms with Crippen molar-refractivity contribution in [1.82, 2.24) is 9.97 Å². The first-order valence-electron chi connectivity index (χ1n) is 7.99. The van der Waals surface area contributed by atoms with Gasteiger partial charge in [0.25, 0.3) is 5.56 Å². The van der Waals surface area contributed by atoms with Crippen LogP contribution in [0.5, 0.6) is 5.75 Å². The number of rotatable bonds is 2. The Bertz CT molecular complexity index is 929. The molecule has 1 aliphatic rings. The standard InChI is InChI=1S/C18H18N4O2/c23-16-8-4-3-7-15(16)21-9-11-22(12-10-21)18-19-14-6-2-1-5-13(14)17(24)20-18/h1-8,23H,9-12H2,(H,19,20,24). The van der Waals surface area contributed by atoms with Gasteiger partial charge in [-0.15, -0.1) is 0 Å². The lowest BCUT2D eigenvalue weighted by Crippen LogP contribution is -2.47. The molecule has 0 aliphatic carbocycles. The number of H-pyrrole nitrogens is 1. The van der Waals surface area contributed by atoms with Crippen molar-refractivity contribution in [3.63, 3.8) is 0 Å². The number of aromatic amines is 1. The molecule has 6 heteroatoms. The second-order valence-electron chi connectivity index (χ2n) is 5.87. The van der Waals surface area contributed by atoms with Crippen LogP contribution in [0.1, 0.15) is 0 Å². The van der Waals surface area contributed by atoms with Gasteiger partial charge >= 0.3 is 0 Å². The fourth-order valence-corrected chi connectivity index (χ4v) is 3.11. The van der Waals surface area contributed by atoms with Crippen molar-refractivity contribution < 1.29 is 5.11 Å². The molecule has 0 atom stereocenters. The quantitative estimate of drug-likeness (QED) is 0.754. The van der Waals surface area contributed by atoms with E-state index in [2.05, 4.69) is 19.8 Å². The van der Waals surface area contributed by atoms with E-state index in [9.17, 15) is 9.90 Å². The average Bonchev–Trinajstić information content (AvgIpc) is 2.62. The van der Waals surface area contributed by atoms with Crippen LogP contribution in [0.25, 0.3) is 10.9 Å². The summed E-state index contributed by atoms with van der Waals surface area (Å²) in [5.74, 6) is 0.902. The largest absolute Gasteiger partial charge is 0.506 e. The van der Waals surface area contributed by atoms with Crippen LogP contribution in [0, 0.1) is 0 Å². The first-order chi connectivity index (χ1) is 11.7. The number of hydrogen-bond acceptors (Lipinski definition) is 5. The van der Waals surface area contributed by atoms with E-state index in [-0.39, 0.29) is 5.56 Å². The van der Waals surface area contributed by atoms with E-state index >= 15 is 0 Å². The molecule has 0 radical (unpaired) electrons. The maximum atomic E-state index is 12.2. The number of anilines is 2. The maximum Gasteiger partial charge on any atom is 0.260 e. The Labute approximate surface area is 139 Å². The third-order valence-corrected chi connectivity index (χ3v) is 4.40. The molecular formula is C18H18N4O2. The molecule has 1 fully saturated rings. The van der Waals surface area contributed by atoms with E-state index < -0.39 is 0 Å². The fraction of sp³-hybridized carbons (Fsp3) is 0.222. The minimum atomic E-state index is -0.112. The second-order valence-corrected chi connectivity index (χ2v) is 5.87. The van der Waals surface area contributed by atoms with Gasteiger partial charge in [-0.2, -0.15) is 0 Å². The van der Waals surface area contributed by atoms with Crippen molar-refractivity contribution >= 4 is 22.5 Å². The van der Waals surface area contributed by atoms with Crippen LogP contribution in [-0.2, 0) is 0 Å². The Morgan fingerprint density at radius 3 is 2.38 bits per heavy atom. The molecule has 0 saturated carbocycles. The van der Waals surface area contributed by atoms with Gasteiger partial charge in [-0.3, -0.25) is 9.78 Å². The van der Waals surface area contributed by atoms with E-state index in [1.54, 1.807) is 12.1 Å². The van der Waals surface area contributed by atoms with Gasteiger partial charge in [0.05, 0.1) is 16.6 Å². The van der Waals surface area contributed by atoms with Crippen LogP contribution in [0.4, 0.5) is 11.6 Å².